The fraction of sp³-hybridized carbons (Fsp3) is 0.408. The minimum Gasteiger partial charge on any atom is -0.496 e. The van der Waals surface area contributed by atoms with Crippen molar-refractivity contribution in [3.05, 3.63) is 106 Å². The maximum atomic E-state index is 14.0. The van der Waals surface area contributed by atoms with Gasteiger partial charge in [-0.25, -0.2) is 19.3 Å². The van der Waals surface area contributed by atoms with Crippen molar-refractivity contribution in [3.63, 3.8) is 0 Å². The predicted molar refractivity (Wildman–Crippen MR) is 259 cm³/mol. The number of methoxy groups -OCH3 is 1. The number of β-amino-alcohol motifs (C(OH)–C–C–N with tert-alkyl or cyclic N) is 1. The summed E-state index contributed by atoms with van der Waals surface area (Å²) in [5.74, 6) is -1.06. The summed E-state index contributed by atoms with van der Waals surface area (Å²) in [5, 5.41) is 20.0. The molecule has 4 N–H and O–H groups in total. The van der Waals surface area contributed by atoms with Crippen LogP contribution in [-0.2, 0) is 41.6 Å². The molecule has 3 heterocycles. The van der Waals surface area contributed by atoms with Gasteiger partial charge in [0, 0.05) is 61.7 Å². The number of hydrogen-bond donors (Lipinski definition) is 4. The highest BCUT2D eigenvalue weighted by molar-refractivity contribution is 7.13. The fourth-order valence-corrected chi connectivity index (χ4v) is 8.55. The Morgan fingerprint density at radius 2 is 1.81 bits per heavy atom. The smallest absolute Gasteiger partial charge is 0.246 e. The van der Waals surface area contributed by atoms with Crippen LogP contribution in [0.4, 0.5) is 15.9 Å². The molecule has 0 bridgehead atoms. The number of nitrogens with zero attached hydrogens (tertiary/aromatic N) is 5. The number of aliphatic hydroxyl groups excluding tert-OH is 1. The number of likely N-dealkylation sites (tertiary alicyclic amines) is 1. The molecule has 0 unspecified atom stereocenters. The van der Waals surface area contributed by atoms with Gasteiger partial charge in [0.05, 0.1) is 59.7 Å². The van der Waals surface area contributed by atoms with E-state index in [1.165, 1.54) is 36.5 Å². The Morgan fingerprint density at radius 1 is 1.04 bits per heavy atom. The van der Waals surface area contributed by atoms with Gasteiger partial charge in [0.25, 0.3) is 0 Å². The Hall–Kier alpha value is -5.89. The summed E-state index contributed by atoms with van der Waals surface area (Å²) in [6.45, 7) is 9.11. The molecule has 1 saturated heterocycles. The normalized spacial score (nSPS) is 15.5. The number of carbonyl (C=O) groups excluding carboxylic acids is 4. The maximum Gasteiger partial charge on any atom is 0.246 e. The monoisotopic (exact) mass is 972 g/mol. The second kappa shape index (κ2) is 23.9. The summed E-state index contributed by atoms with van der Waals surface area (Å²) in [5.41, 5.74) is 5.74. The number of fused-ring (bicyclic) bond motifs is 1. The van der Waals surface area contributed by atoms with Crippen molar-refractivity contribution in [1.29, 1.82) is 0 Å². The summed E-state index contributed by atoms with van der Waals surface area (Å²) in [6.07, 6.45) is 3.96. The first-order chi connectivity index (χ1) is 32.5. The molecule has 16 nitrogen and oxygen atoms in total. The minimum absolute atomic E-state index is 0.0308. The SMILES string of the molecule is COc1cc2ncnc(Nc3ccc(F)c(Cl)c3)c2cc1CC(=O)/C=C/CN(C)CCOCCOCC(=O)N[C@H](C(=O)N1C[C@H](O)C[C@H]1C(=O)NCc1ccc(-c2scnc2C)cc1)C(C)(C)C. The third kappa shape index (κ3) is 14.1. The van der Waals surface area contributed by atoms with Crippen molar-refractivity contribution >= 4 is 68.9 Å². The highest BCUT2D eigenvalue weighted by Gasteiger charge is 2.44. The van der Waals surface area contributed by atoms with Crippen molar-refractivity contribution in [2.24, 2.45) is 5.41 Å². The van der Waals surface area contributed by atoms with Gasteiger partial charge in [0.2, 0.25) is 17.7 Å². The highest BCUT2D eigenvalue weighted by Crippen LogP contribution is 2.32. The molecule has 362 valence electrons. The number of allylic oxidation sites excluding steroid dienone is 1. The standard InChI is InChI=1S/C49H58ClFN8O8S/c1-30-44(68-29-55-30)32-11-9-31(10-12-32)25-52-47(63)41-23-36(61)26-59(41)48(64)45(49(2,3)4)57-43(62)27-67-19-18-66-17-16-58(5)15-7-8-35(60)20-33-21-37-40(24-42(33)65-6)53-28-54-46(37)56-34-13-14-39(51)38(50)22-34/h7-14,21-22,24,28-29,36,41,45,61H,15-20,23,25-27H2,1-6H3,(H,52,63)(H,57,62)(H,53,54,56)/b8-7+/t36-,41+,45-/m1/s1. The van der Waals surface area contributed by atoms with Crippen molar-refractivity contribution in [3.8, 4) is 16.2 Å². The number of ether oxygens (including phenoxy) is 3. The number of benzene rings is 3. The van der Waals surface area contributed by atoms with Gasteiger partial charge < -0.3 is 45.1 Å². The molecule has 68 heavy (non-hydrogen) atoms. The number of carbonyl (C=O) groups is 4. The van der Waals surface area contributed by atoms with Crippen molar-refractivity contribution in [2.45, 2.75) is 65.3 Å². The topological polar surface area (TPSA) is 197 Å². The minimum atomic E-state index is -0.985. The molecule has 5 aromatic rings. The van der Waals surface area contributed by atoms with Crippen LogP contribution in [0.15, 0.2) is 78.6 Å². The number of aromatic nitrogens is 3. The van der Waals surface area contributed by atoms with E-state index in [1.54, 1.807) is 41.1 Å². The van der Waals surface area contributed by atoms with E-state index in [9.17, 15) is 28.7 Å². The van der Waals surface area contributed by atoms with Gasteiger partial charge in [-0.3, -0.25) is 19.2 Å². The molecule has 3 aromatic carbocycles. The molecular formula is C49H58ClFN8O8S. The molecule has 0 radical (unpaired) electrons. The third-order valence-corrected chi connectivity index (χ3v) is 12.5. The molecule has 1 aliphatic rings. The molecule has 1 aliphatic heterocycles. The quantitative estimate of drug-likeness (QED) is 0.0463. The lowest BCUT2D eigenvalue weighted by Crippen LogP contribution is -2.58. The Morgan fingerprint density at radius 3 is 2.51 bits per heavy atom. The lowest BCUT2D eigenvalue weighted by Gasteiger charge is -2.35. The molecule has 2 aromatic heterocycles. The van der Waals surface area contributed by atoms with E-state index >= 15 is 0 Å². The first-order valence-electron chi connectivity index (χ1n) is 22.1. The Balaban J connectivity index is 0.892. The molecule has 0 saturated carbocycles. The number of amides is 3. The average molecular weight is 974 g/mol. The zero-order chi connectivity index (χ0) is 49.0. The zero-order valence-corrected chi connectivity index (χ0v) is 40.6. The van der Waals surface area contributed by atoms with Crippen LogP contribution in [0.2, 0.25) is 5.02 Å². The van der Waals surface area contributed by atoms with Crippen LogP contribution >= 0.6 is 22.9 Å². The first-order valence-corrected chi connectivity index (χ1v) is 23.4. The number of thiazole rings is 1. The Bertz CT molecular complexity index is 2590. The summed E-state index contributed by atoms with van der Waals surface area (Å²) in [4.78, 5) is 70.9. The molecule has 0 spiro atoms. The maximum absolute atomic E-state index is 14.0. The Labute approximate surface area is 404 Å². The largest absolute Gasteiger partial charge is 0.496 e. The van der Waals surface area contributed by atoms with Gasteiger partial charge in [0.1, 0.15) is 42.4 Å². The van der Waals surface area contributed by atoms with Crippen LogP contribution in [0, 0.1) is 18.2 Å². The van der Waals surface area contributed by atoms with Crippen molar-refractivity contribution < 1.29 is 42.9 Å². The molecule has 3 atom stereocenters. The van der Waals surface area contributed by atoms with Crippen LogP contribution < -0.4 is 20.7 Å². The van der Waals surface area contributed by atoms with Gasteiger partial charge in [-0.05, 0) is 60.9 Å². The highest BCUT2D eigenvalue weighted by atomic mass is 35.5. The fourth-order valence-electron chi connectivity index (χ4n) is 7.56. The van der Waals surface area contributed by atoms with Crippen LogP contribution in [0.1, 0.15) is 44.0 Å². The summed E-state index contributed by atoms with van der Waals surface area (Å²) in [6, 6.07) is 13.7. The molecule has 3 amide bonds. The van der Waals surface area contributed by atoms with Crippen LogP contribution in [0.5, 0.6) is 5.75 Å². The van der Waals surface area contributed by atoms with E-state index in [1.807, 2.05) is 63.9 Å². The number of aryl methyl sites for hydroxylation is 1. The second-order valence-electron chi connectivity index (χ2n) is 17.6. The average Bonchev–Trinajstić information content (AvgIpc) is 3.92. The Kier molecular flexibility index (Phi) is 18.1. The third-order valence-electron chi connectivity index (χ3n) is 11.2. The van der Waals surface area contributed by atoms with E-state index < -0.39 is 41.2 Å². The first kappa shape index (κ1) is 51.5. The van der Waals surface area contributed by atoms with Crippen molar-refractivity contribution in [1.82, 2.24) is 35.4 Å². The molecule has 0 aliphatic carbocycles. The zero-order valence-electron chi connectivity index (χ0n) is 39.0. The van der Waals surface area contributed by atoms with Crippen LogP contribution in [-0.4, -0.2) is 132 Å². The summed E-state index contributed by atoms with van der Waals surface area (Å²) >= 11 is 7.53. The van der Waals surface area contributed by atoms with Crippen molar-refractivity contribution in [2.75, 3.05) is 65.5 Å². The van der Waals surface area contributed by atoms with E-state index in [2.05, 4.69) is 30.9 Å². The van der Waals surface area contributed by atoms with Gasteiger partial charge in [0.15, 0.2) is 5.78 Å². The lowest BCUT2D eigenvalue weighted by atomic mass is 9.85. The number of aliphatic hydroxyl groups is 1. The van der Waals surface area contributed by atoms with E-state index in [4.69, 9.17) is 25.8 Å². The molecular weight excluding hydrogens is 915 g/mol. The molecule has 19 heteroatoms. The number of ketones is 1. The number of nitrogens with one attached hydrogen (secondary N) is 3. The second-order valence-corrected chi connectivity index (χ2v) is 18.8. The van der Waals surface area contributed by atoms with Crippen LogP contribution in [0.3, 0.4) is 0 Å². The van der Waals surface area contributed by atoms with Gasteiger partial charge >= 0.3 is 0 Å². The van der Waals surface area contributed by atoms with E-state index in [-0.39, 0.29) is 62.5 Å². The number of rotatable bonds is 22. The van der Waals surface area contributed by atoms with Crippen LogP contribution in [0.25, 0.3) is 21.3 Å². The molecule has 6 rings (SSSR count). The summed E-state index contributed by atoms with van der Waals surface area (Å²) < 4.78 is 30.5. The van der Waals surface area contributed by atoms with E-state index in [0.717, 1.165) is 21.7 Å². The number of hydrogen-bond acceptors (Lipinski definition) is 14. The lowest BCUT2D eigenvalue weighted by molar-refractivity contribution is -0.144. The number of likely N-dealkylation sites (N-methyl/N-ethyl adjacent to an activating group) is 1. The van der Waals surface area contributed by atoms with Gasteiger partial charge in [-0.1, -0.05) is 62.7 Å². The van der Waals surface area contributed by atoms with Gasteiger partial charge in [-0.2, -0.15) is 0 Å². The molecule has 1 fully saturated rings. The summed E-state index contributed by atoms with van der Waals surface area (Å²) in [7, 11) is 3.42. The predicted octanol–water partition coefficient (Wildman–Crippen LogP) is 6.05. The van der Waals surface area contributed by atoms with Gasteiger partial charge in [-0.15, -0.1) is 11.3 Å². The number of anilines is 2. The number of halogens is 2. The van der Waals surface area contributed by atoms with E-state index in [0.29, 0.717) is 53.4 Å².